The van der Waals surface area contributed by atoms with Gasteiger partial charge in [-0.15, -0.1) is 12.4 Å². The predicted molar refractivity (Wildman–Crippen MR) is 98.8 cm³/mol. The molecule has 0 aromatic rings. The Balaban J connectivity index is 0.00000338. The van der Waals surface area contributed by atoms with E-state index in [1.54, 1.807) is 13.8 Å². The van der Waals surface area contributed by atoms with Crippen molar-refractivity contribution in [2.45, 2.75) is 63.0 Å². The number of nitriles is 1. The third kappa shape index (κ3) is 5.06. The fraction of sp³-hybridized carbons (Fsp3) is 0.875. The van der Waals surface area contributed by atoms with E-state index in [4.69, 9.17) is 11.0 Å². The summed E-state index contributed by atoms with van der Waals surface area (Å²) in [5.74, 6) is -0.430. The van der Waals surface area contributed by atoms with Crippen LogP contribution in [0.1, 0.15) is 39.5 Å². The topological polar surface area (TPSA) is 108 Å². The molecule has 10 heteroatoms. The predicted octanol–water partition coefficient (Wildman–Crippen LogP) is 1.04. The number of halogens is 2. The first-order valence-electron chi connectivity index (χ1n) is 8.75. The summed E-state index contributed by atoms with van der Waals surface area (Å²) < 4.78 is 39.6. The Bertz CT molecular complexity index is 640. The van der Waals surface area contributed by atoms with Gasteiger partial charge in [-0.05, 0) is 39.0 Å². The minimum atomic E-state index is -3.32. The van der Waals surface area contributed by atoms with Crippen molar-refractivity contribution < 1.29 is 17.6 Å². The highest BCUT2D eigenvalue weighted by Crippen LogP contribution is 2.26. The zero-order valence-electron chi connectivity index (χ0n) is 15.2. The summed E-state index contributed by atoms with van der Waals surface area (Å²) in [6.07, 6.45) is 0.711. The van der Waals surface area contributed by atoms with Gasteiger partial charge in [-0.3, -0.25) is 4.79 Å². The molecule has 2 aliphatic rings. The van der Waals surface area contributed by atoms with Crippen molar-refractivity contribution >= 4 is 28.3 Å². The van der Waals surface area contributed by atoms with E-state index in [9.17, 15) is 17.6 Å². The molecule has 1 amide bonds. The number of piperidine rings is 1. The fourth-order valence-corrected chi connectivity index (χ4v) is 4.97. The van der Waals surface area contributed by atoms with Crippen LogP contribution in [0.5, 0.6) is 0 Å². The molecular weight excluding hydrogens is 383 g/mol. The first kappa shape index (κ1) is 23.1. The van der Waals surface area contributed by atoms with Gasteiger partial charge in [-0.1, -0.05) is 0 Å². The highest BCUT2D eigenvalue weighted by Gasteiger charge is 2.38. The van der Waals surface area contributed by atoms with Gasteiger partial charge in [0, 0.05) is 19.5 Å². The largest absolute Gasteiger partial charge is 0.322 e. The summed E-state index contributed by atoms with van der Waals surface area (Å²) in [5.41, 5.74) is 6.01. The Hall–Kier alpha value is -0.950. The van der Waals surface area contributed by atoms with E-state index in [2.05, 4.69) is 0 Å². The van der Waals surface area contributed by atoms with Crippen LogP contribution < -0.4 is 5.73 Å². The molecule has 2 heterocycles. The summed E-state index contributed by atoms with van der Waals surface area (Å²) in [4.78, 5) is 13.7. The molecule has 0 saturated carbocycles. The average Bonchev–Trinajstić information content (AvgIpc) is 2.95. The highest BCUT2D eigenvalue weighted by atomic mass is 35.5. The summed E-state index contributed by atoms with van der Waals surface area (Å²) in [6, 6.07) is 0.339. The van der Waals surface area contributed by atoms with Crippen LogP contribution in [0.4, 0.5) is 4.39 Å². The first-order chi connectivity index (χ1) is 11.7. The standard InChI is InChI=1S/C16H27FN4O3S.ClH/c1-11(2)25(23,24)20-5-3-4-12(9-20)6-15(19)16(22)21-10-13(17)7-14(21)8-18;/h11-15H,3-7,9-10,19H2,1-2H3;1H. The molecule has 0 aromatic carbocycles. The second kappa shape index (κ2) is 9.31. The van der Waals surface area contributed by atoms with Gasteiger partial charge in [0.25, 0.3) is 0 Å². The summed E-state index contributed by atoms with van der Waals surface area (Å²) in [7, 11) is -3.32. The molecular formula is C16H28ClFN4O3S. The van der Waals surface area contributed by atoms with Gasteiger partial charge in [-0.25, -0.2) is 17.1 Å². The van der Waals surface area contributed by atoms with Gasteiger partial charge < -0.3 is 10.6 Å². The molecule has 2 saturated heterocycles. The van der Waals surface area contributed by atoms with Gasteiger partial charge in [0.05, 0.1) is 23.9 Å². The van der Waals surface area contributed by atoms with Crippen molar-refractivity contribution in [1.29, 1.82) is 5.26 Å². The zero-order chi connectivity index (χ0) is 18.8. The number of hydrogen-bond acceptors (Lipinski definition) is 5. The number of rotatable bonds is 5. The molecule has 150 valence electrons. The van der Waals surface area contributed by atoms with Crippen LogP contribution >= 0.6 is 12.4 Å². The van der Waals surface area contributed by atoms with E-state index in [1.165, 1.54) is 9.21 Å². The maximum absolute atomic E-state index is 13.5. The summed E-state index contributed by atoms with van der Waals surface area (Å²) in [5, 5.41) is 8.58. The Kier molecular flexibility index (Phi) is 8.27. The number of sulfonamides is 1. The molecule has 2 N–H and O–H groups in total. The Morgan fingerprint density at radius 3 is 2.62 bits per heavy atom. The van der Waals surface area contributed by atoms with Gasteiger partial charge >= 0.3 is 0 Å². The highest BCUT2D eigenvalue weighted by molar-refractivity contribution is 7.89. The van der Waals surface area contributed by atoms with Gasteiger partial charge in [0.2, 0.25) is 15.9 Å². The van der Waals surface area contributed by atoms with E-state index in [0.717, 1.165) is 12.8 Å². The number of likely N-dealkylation sites (tertiary alicyclic amines) is 1. The summed E-state index contributed by atoms with van der Waals surface area (Å²) in [6.45, 7) is 4.05. The van der Waals surface area contributed by atoms with Crippen molar-refractivity contribution in [2.75, 3.05) is 19.6 Å². The van der Waals surface area contributed by atoms with Crippen LogP contribution in [0.15, 0.2) is 0 Å². The summed E-state index contributed by atoms with van der Waals surface area (Å²) >= 11 is 0. The van der Waals surface area contributed by atoms with Crippen LogP contribution in [0, 0.1) is 17.2 Å². The molecule has 0 aliphatic carbocycles. The molecule has 7 nitrogen and oxygen atoms in total. The third-order valence-electron chi connectivity index (χ3n) is 5.02. The molecule has 26 heavy (non-hydrogen) atoms. The number of amides is 1. The van der Waals surface area contributed by atoms with Crippen LogP contribution in [-0.2, 0) is 14.8 Å². The fourth-order valence-electron chi connectivity index (χ4n) is 3.57. The van der Waals surface area contributed by atoms with Crippen LogP contribution in [0.25, 0.3) is 0 Å². The minimum absolute atomic E-state index is 0. The SMILES string of the molecule is CC(C)S(=O)(=O)N1CCCC(CC(N)C(=O)N2CC(F)CC2C#N)C1.Cl. The lowest BCUT2D eigenvalue weighted by molar-refractivity contribution is -0.133. The molecule has 2 rings (SSSR count). The van der Waals surface area contributed by atoms with Gasteiger partial charge in [0.15, 0.2) is 0 Å². The van der Waals surface area contributed by atoms with Crippen LogP contribution in [0.3, 0.4) is 0 Å². The molecule has 4 atom stereocenters. The second-order valence-electron chi connectivity index (χ2n) is 7.27. The lowest BCUT2D eigenvalue weighted by Crippen LogP contribution is -2.49. The molecule has 0 radical (unpaired) electrons. The molecule has 0 spiro atoms. The lowest BCUT2D eigenvalue weighted by Gasteiger charge is -2.34. The Morgan fingerprint density at radius 1 is 1.38 bits per heavy atom. The number of nitrogens with zero attached hydrogens (tertiary/aromatic N) is 3. The van der Waals surface area contributed by atoms with E-state index in [1.807, 2.05) is 6.07 Å². The molecule has 0 aromatic heterocycles. The maximum atomic E-state index is 13.5. The van der Waals surface area contributed by atoms with E-state index < -0.39 is 39.4 Å². The van der Waals surface area contributed by atoms with Crippen LogP contribution in [0.2, 0.25) is 0 Å². The van der Waals surface area contributed by atoms with Crippen molar-refractivity contribution in [3.8, 4) is 6.07 Å². The van der Waals surface area contributed by atoms with Gasteiger partial charge in [-0.2, -0.15) is 5.26 Å². The Morgan fingerprint density at radius 2 is 2.04 bits per heavy atom. The molecule has 2 fully saturated rings. The molecule has 4 unspecified atom stereocenters. The smallest absolute Gasteiger partial charge is 0.240 e. The molecule has 2 aliphatic heterocycles. The minimum Gasteiger partial charge on any atom is -0.322 e. The van der Waals surface area contributed by atoms with E-state index in [0.29, 0.717) is 19.5 Å². The normalized spacial score (nSPS) is 28.5. The lowest BCUT2D eigenvalue weighted by atomic mass is 9.92. The van der Waals surface area contributed by atoms with Crippen molar-refractivity contribution in [3.63, 3.8) is 0 Å². The molecule has 0 bridgehead atoms. The van der Waals surface area contributed by atoms with Gasteiger partial charge in [0.1, 0.15) is 12.2 Å². The average molecular weight is 411 g/mol. The van der Waals surface area contributed by atoms with Crippen molar-refractivity contribution in [2.24, 2.45) is 11.7 Å². The monoisotopic (exact) mass is 410 g/mol. The quantitative estimate of drug-likeness (QED) is 0.728. The zero-order valence-corrected chi connectivity index (χ0v) is 16.8. The maximum Gasteiger partial charge on any atom is 0.240 e. The van der Waals surface area contributed by atoms with Crippen molar-refractivity contribution in [3.05, 3.63) is 0 Å². The second-order valence-corrected chi connectivity index (χ2v) is 9.76. The number of hydrogen-bond donors (Lipinski definition) is 1. The first-order valence-corrected chi connectivity index (χ1v) is 10.3. The van der Waals surface area contributed by atoms with Crippen LogP contribution in [-0.4, -0.2) is 66.7 Å². The third-order valence-corrected chi connectivity index (χ3v) is 7.27. The number of carbonyl (C=O) groups excluding carboxylic acids is 1. The Labute approximate surface area is 161 Å². The number of alkyl halides is 1. The number of carbonyl (C=O) groups is 1. The van der Waals surface area contributed by atoms with E-state index in [-0.39, 0.29) is 31.3 Å². The van der Waals surface area contributed by atoms with Crippen molar-refractivity contribution in [1.82, 2.24) is 9.21 Å². The number of nitrogens with two attached hydrogens (primary N) is 1. The van der Waals surface area contributed by atoms with E-state index >= 15 is 0 Å².